The fourth-order valence-corrected chi connectivity index (χ4v) is 3.87. The minimum Gasteiger partial charge on any atom is -0.268 e. The molecule has 1 heterocycles. The maximum Gasteiger partial charge on any atom is 0.268 e. The van der Waals surface area contributed by atoms with E-state index in [2.05, 4.69) is 6.58 Å². The number of fused-ring (bicyclic) bond motifs is 1. The molecular formula is C14H15NOS. The molecule has 17 heavy (non-hydrogen) atoms. The zero-order chi connectivity index (χ0) is 11.8. The average Bonchev–Trinajstić information content (AvgIpc) is 2.97. The van der Waals surface area contributed by atoms with Crippen LogP contribution in [0, 0.1) is 0 Å². The van der Waals surface area contributed by atoms with Gasteiger partial charge in [0.2, 0.25) is 0 Å². The Morgan fingerprint density at radius 3 is 2.82 bits per heavy atom. The van der Waals surface area contributed by atoms with Gasteiger partial charge in [-0.2, -0.15) is 0 Å². The van der Waals surface area contributed by atoms with Gasteiger partial charge in [0.15, 0.2) is 0 Å². The van der Waals surface area contributed by atoms with Crippen LogP contribution in [0.15, 0.2) is 29.6 Å². The van der Waals surface area contributed by atoms with Crippen LogP contribution in [0.2, 0.25) is 0 Å². The lowest BCUT2D eigenvalue weighted by Crippen LogP contribution is -2.16. The standard InChI is InChI=1S/C14H15NOS/c1-2-10-6-5-9-12-13(10)17-15(14(12)16)11-7-3-4-8-11/h2,5-6,9,11H,1,3-4,7-8H2. The second-order valence-electron chi connectivity index (χ2n) is 4.59. The Labute approximate surface area is 104 Å². The largest absolute Gasteiger partial charge is 0.268 e. The van der Waals surface area contributed by atoms with Gasteiger partial charge in [-0.3, -0.25) is 8.75 Å². The number of nitrogens with zero attached hydrogens (tertiary/aromatic N) is 1. The Morgan fingerprint density at radius 1 is 1.35 bits per heavy atom. The molecule has 0 spiro atoms. The molecule has 3 rings (SSSR count). The van der Waals surface area contributed by atoms with E-state index in [9.17, 15) is 4.79 Å². The van der Waals surface area contributed by atoms with E-state index in [-0.39, 0.29) is 5.56 Å². The van der Waals surface area contributed by atoms with Crippen LogP contribution < -0.4 is 5.56 Å². The van der Waals surface area contributed by atoms with Crippen molar-refractivity contribution in [2.45, 2.75) is 31.7 Å². The first-order chi connectivity index (χ1) is 8.31. The van der Waals surface area contributed by atoms with Crippen molar-refractivity contribution in [3.05, 3.63) is 40.7 Å². The molecule has 3 heteroatoms. The maximum absolute atomic E-state index is 12.3. The van der Waals surface area contributed by atoms with Crippen LogP contribution in [0.4, 0.5) is 0 Å². The van der Waals surface area contributed by atoms with Crippen molar-refractivity contribution in [2.75, 3.05) is 0 Å². The molecule has 1 aliphatic carbocycles. The lowest BCUT2D eigenvalue weighted by Gasteiger charge is -2.07. The predicted molar refractivity (Wildman–Crippen MR) is 73.7 cm³/mol. The van der Waals surface area contributed by atoms with Crippen molar-refractivity contribution in [2.24, 2.45) is 0 Å². The van der Waals surface area contributed by atoms with Gasteiger partial charge in [0.25, 0.3) is 5.56 Å². The van der Waals surface area contributed by atoms with E-state index >= 15 is 0 Å². The van der Waals surface area contributed by atoms with Crippen molar-refractivity contribution in [3.63, 3.8) is 0 Å². The molecule has 1 aromatic heterocycles. The fourth-order valence-electron chi connectivity index (χ4n) is 2.62. The van der Waals surface area contributed by atoms with Gasteiger partial charge in [-0.1, -0.05) is 49.2 Å². The van der Waals surface area contributed by atoms with Crippen LogP contribution in [0.1, 0.15) is 37.3 Å². The van der Waals surface area contributed by atoms with Crippen molar-refractivity contribution in [1.29, 1.82) is 0 Å². The minimum atomic E-state index is 0.181. The molecule has 0 aliphatic heterocycles. The third-order valence-electron chi connectivity index (χ3n) is 3.54. The summed E-state index contributed by atoms with van der Waals surface area (Å²) in [6, 6.07) is 6.31. The van der Waals surface area contributed by atoms with E-state index in [1.54, 1.807) is 11.5 Å². The van der Waals surface area contributed by atoms with Crippen LogP contribution in [-0.2, 0) is 0 Å². The van der Waals surface area contributed by atoms with Crippen LogP contribution in [0.5, 0.6) is 0 Å². The van der Waals surface area contributed by atoms with Gasteiger partial charge in [0.1, 0.15) is 0 Å². The van der Waals surface area contributed by atoms with Crippen LogP contribution in [-0.4, -0.2) is 3.96 Å². The van der Waals surface area contributed by atoms with E-state index in [0.29, 0.717) is 6.04 Å². The van der Waals surface area contributed by atoms with Gasteiger partial charge in [0, 0.05) is 6.04 Å². The van der Waals surface area contributed by atoms with Crippen LogP contribution in [0.25, 0.3) is 16.2 Å². The zero-order valence-corrected chi connectivity index (χ0v) is 10.5. The predicted octanol–water partition coefficient (Wildman–Crippen LogP) is 3.82. The summed E-state index contributed by atoms with van der Waals surface area (Å²) in [7, 11) is 0. The molecule has 0 amide bonds. The van der Waals surface area contributed by atoms with Gasteiger partial charge in [-0.25, -0.2) is 0 Å². The van der Waals surface area contributed by atoms with Crippen molar-refractivity contribution in [1.82, 2.24) is 3.96 Å². The monoisotopic (exact) mass is 245 g/mol. The lowest BCUT2D eigenvalue weighted by atomic mass is 10.2. The van der Waals surface area contributed by atoms with E-state index in [1.165, 1.54) is 12.8 Å². The molecule has 88 valence electrons. The first-order valence-electron chi connectivity index (χ1n) is 6.08. The third kappa shape index (κ3) is 1.65. The summed E-state index contributed by atoms with van der Waals surface area (Å²) in [6.07, 6.45) is 6.63. The molecule has 0 N–H and O–H groups in total. The zero-order valence-electron chi connectivity index (χ0n) is 9.69. The molecule has 0 atom stereocenters. The number of rotatable bonds is 2. The molecule has 1 aliphatic rings. The van der Waals surface area contributed by atoms with Crippen molar-refractivity contribution in [3.8, 4) is 0 Å². The Balaban J connectivity index is 2.24. The smallest absolute Gasteiger partial charge is 0.268 e. The Kier molecular flexibility index (Phi) is 2.63. The Hall–Kier alpha value is -1.35. The second-order valence-corrected chi connectivity index (χ2v) is 5.57. The number of benzene rings is 1. The quantitative estimate of drug-likeness (QED) is 0.788. The summed E-state index contributed by atoms with van der Waals surface area (Å²) < 4.78 is 3.06. The molecule has 0 saturated heterocycles. The summed E-state index contributed by atoms with van der Waals surface area (Å²) in [6.45, 7) is 3.81. The van der Waals surface area contributed by atoms with Crippen molar-refractivity contribution >= 4 is 27.7 Å². The Bertz CT molecular complexity index is 617. The SMILES string of the molecule is C=Cc1cccc2c(=O)n(C3CCCC3)sc12. The minimum absolute atomic E-state index is 0.181. The molecule has 1 saturated carbocycles. The second kappa shape index (κ2) is 4.15. The summed E-state index contributed by atoms with van der Waals surface area (Å²) in [5, 5.41) is 0.847. The van der Waals surface area contributed by atoms with Crippen molar-refractivity contribution < 1.29 is 0 Å². The van der Waals surface area contributed by atoms with Gasteiger partial charge in [-0.15, -0.1) is 0 Å². The molecule has 0 radical (unpaired) electrons. The average molecular weight is 245 g/mol. The highest BCUT2D eigenvalue weighted by atomic mass is 32.1. The first-order valence-corrected chi connectivity index (χ1v) is 6.85. The lowest BCUT2D eigenvalue weighted by molar-refractivity contribution is 0.546. The third-order valence-corrected chi connectivity index (χ3v) is 4.84. The summed E-state index contributed by atoms with van der Waals surface area (Å²) in [5.74, 6) is 0. The molecule has 1 fully saturated rings. The molecule has 0 bridgehead atoms. The van der Waals surface area contributed by atoms with E-state index in [4.69, 9.17) is 0 Å². The molecule has 1 aromatic carbocycles. The summed E-state index contributed by atoms with van der Waals surface area (Å²) in [4.78, 5) is 12.3. The highest BCUT2D eigenvalue weighted by molar-refractivity contribution is 7.14. The highest BCUT2D eigenvalue weighted by Crippen LogP contribution is 2.32. The molecule has 2 nitrogen and oxygen atoms in total. The summed E-state index contributed by atoms with van der Waals surface area (Å²) >= 11 is 1.61. The van der Waals surface area contributed by atoms with Gasteiger partial charge in [-0.05, 0) is 24.5 Å². The molecular weight excluding hydrogens is 230 g/mol. The topological polar surface area (TPSA) is 22.0 Å². The van der Waals surface area contributed by atoms with Gasteiger partial charge < -0.3 is 0 Å². The van der Waals surface area contributed by atoms with E-state index in [0.717, 1.165) is 28.5 Å². The highest BCUT2D eigenvalue weighted by Gasteiger charge is 2.21. The Morgan fingerprint density at radius 2 is 2.12 bits per heavy atom. The fraction of sp³-hybridized carbons (Fsp3) is 0.357. The van der Waals surface area contributed by atoms with Gasteiger partial charge in [0.05, 0.1) is 10.1 Å². The normalized spacial score (nSPS) is 16.7. The van der Waals surface area contributed by atoms with E-state index < -0.39 is 0 Å². The summed E-state index contributed by atoms with van der Waals surface area (Å²) in [5.41, 5.74) is 1.25. The number of aromatic nitrogens is 1. The first kappa shape index (κ1) is 10.8. The number of hydrogen-bond donors (Lipinski definition) is 0. The van der Waals surface area contributed by atoms with E-state index in [1.807, 2.05) is 28.2 Å². The maximum atomic E-state index is 12.3. The molecule has 0 unspecified atom stereocenters. The number of hydrogen-bond acceptors (Lipinski definition) is 2. The van der Waals surface area contributed by atoms with Crippen LogP contribution >= 0.6 is 11.5 Å². The molecule has 2 aromatic rings. The van der Waals surface area contributed by atoms with Crippen LogP contribution in [0.3, 0.4) is 0 Å². The van der Waals surface area contributed by atoms with Gasteiger partial charge >= 0.3 is 0 Å².